The number of benzene rings is 2. The molecule has 3 aliphatic carbocycles. The zero-order chi connectivity index (χ0) is 27.5. The summed E-state index contributed by atoms with van der Waals surface area (Å²) in [4.78, 5) is 40.7. The van der Waals surface area contributed by atoms with Crippen LogP contribution in [0.4, 0.5) is 0 Å². The Balaban J connectivity index is 1.62. The summed E-state index contributed by atoms with van der Waals surface area (Å²) >= 11 is 0. The van der Waals surface area contributed by atoms with Gasteiger partial charge < -0.3 is 26.2 Å². The number of primary amides is 1. The predicted molar refractivity (Wildman–Crippen MR) is 138 cm³/mol. The number of fused-ring (bicyclic) bond motifs is 3. The Labute approximate surface area is 219 Å². The van der Waals surface area contributed by atoms with Crippen LogP contribution in [0.1, 0.15) is 33.5 Å². The maximum atomic E-state index is 13.8. The number of phenols is 1. The van der Waals surface area contributed by atoms with E-state index in [1.807, 2.05) is 30.3 Å². The number of ketones is 2. The molecule has 38 heavy (non-hydrogen) atoms. The molecule has 0 unspecified atom stereocenters. The Hall–Kier alpha value is -3.95. The van der Waals surface area contributed by atoms with Crippen LogP contribution in [0.15, 0.2) is 65.1 Å². The normalized spacial score (nSPS) is 26.8. The largest absolute Gasteiger partial charge is 0.510 e. The molecule has 0 heterocycles. The van der Waals surface area contributed by atoms with E-state index in [0.29, 0.717) is 12.0 Å². The van der Waals surface area contributed by atoms with Gasteiger partial charge in [-0.25, -0.2) is 0 Å². The molecule has 3 aliphatic rings. The minimum atomic E-state index is -2.63. The molecule has 0 saturated heterocycles. The average Bonchev–Trinajstić information content (AvgIpc) is 2.86. The number of amides is 1. The second kappa shape index (κ2) is 9.11. The molecule has 6 N–H and O–H groups in total. The van der Waals surface area contributed by atoms with Crippen LogP contribution in [-0.4, -0.2) is 68.5 Å². The number of carbonyl (C=O) groups is 3. The van der Waals surface area contributed by atoms with Crippen LogP contribution in [0.25, 0.3) is 0 Å². The molecule has 4 atom stereocenters. The molecule has 0 aromatic heterocycles. The summed E-state index contributed by atoms with van der Waals surface area (Å²) in [5, 5.41) is 44.5. The first-order chi connectivity index (χ1) is 18.0. The predicted octanol–water partition coefficient (Wildman–Crippen LogP) is 1.91. The minimum absolute atomic E-state index is 0.0383. The molecule has 0 spiro atoms. The van der Waals surface area contributed by atoms with E-state index in [0.717, 1.165) is 17.5 Å². The highest BCUT2D eigenvalue weighted by Gasteiger charge is 2.63. The first kappa shape index (κ1) is 25.7. The lowest BCUT2D eigenvalue weighted by Gasteiger charge is -2.50. The molecule has 198 valence electrons. The number of aliphatic hydroxyl groups is 3. The first-order valence-corrected chi connectivity index (χ1v) is 12.5. The van der Waals surface area contributed by atoms with E-state index in [1.54, 1.807) is 20.2 Å². The fourth-order valence-corrected chi connectivity index (χ4v) is 6.47. The van der Waals surface area contributed by atoms with Crippen molar-refractivity contribution >= 4 is 17.5 Å². The standard InChI is InChI=1S/C29H30N2O7/c1-31(2)23-18-13-16-12-17-15(9-8-14-6-4-3-5-7-14)10-11-19(32)21(17)24(33)20(16)26(35)29(18,38)27(36)22(25(23)34)28(30)37/h3-7,10-11,16,18,23,32,34-35,38H,8-9,12-13H2,1-2H3,(H2,30,37)/t16-,18-,23-,29-/m1/s1. The molecular formula is C29H30N2O7. The lowest BCUT2D eigenvalue weighted by atomic mass is 9.58. The first-order valence-electron chi connectivity index (χ1n) is 12.5. The lowest BCUT2D eigenvalue weighted by molar-refractivity contribution is -0.148. The van der Waals surface area contributed by atoms with Gasteiger partial charge in [-0.2, -0.15) is 0 Å². The number of nitrogens with two attached hydrogens (primary N) is 1. The Morgan fingerprint density at radius 1 is 1.05 bits per heavy atom. The average molecular weight is 519 g/mol. The zero-order valence-corrected chi connectivity index (χ0v) is 21.1. The Morgan fingerprint density at radius 2 is 1.74 bits per heavy atom. The Bertz CT molecular complexity index is 1430. The van der Waals surface area contributed by atoms with Gasteiger partial charge in [-0.1, -0.05) is 36.4 Å². The van der Waals surface area contributed by atoms with Crippen molar-refractivity contribution in [3.8, 4) is 5.75 Å². The molecule has 9 heteroatoms. The van der Waals surface area contributed by atoms with Gasteiger partial charge in [0.15, 0.2) is 11.4 Å². The van der Waals surface area contributed by atoms with Crippen molar-refractivity contribution in [2.75, 3.05) is 14.1 Å². The summed E-state index contributed by atoms with van der Waals surface area (Å²) in [6.45, 7) is 0. The number of Topliss-reactive ketones (excluding diaryl/α,β-unsaturated/α-hetero) is 2. The number of hydrogen-bond acceptors (Lipinski definition) is 8. The number of likely N-dealkylation sites (N-methyl/N-ethyl adjacent to an activating group) is 1. The van der Waals surface area contributed by atoms with Crippen LogP contribution >= 0.6 is 0 Å². The van der Waals surface area contributed by atoms with Gasteiger partial charge in [0, 0.05) is 11.5 Å². The van der Waals surface area contributed by atoms with Gasteiger partial charge in [0.2, 0.25) is 5.78 Å². The third-order valence-corrected chi connectivity index (χ3v) is 8.23. The number of aliphatic hydroxyl groups excluding tert-OH is 2. The minimum Gasteiger partial charge on any atom is -0.510 e. The monoisotopic (exact) mass is 518 g/mol. The fourth-order valence-electron chi connectivity index (χ4n) is 6.47. The maximum absolute atomic E-state index is 13.8. The van der Waals surface area contributed by atoms with Gasteiger partial charge in [-0.3, -0.25) is 19.3 Å². The third kappa shape index (κ3) is 3.65. The van der Waals surface area contributed by atoms with E-state index in [1.165, 1.54) is 11.0 Å². The highest BCUT2D eigenvalue weighted by Crippen LogP contribution is 2.52. The van der Waals surface area contributed by atoms with Gasteiger partial charge in [-0.05, 0) is 68.5 Å². The topological polar surface area (TPSA) is 161 Å². The zero-order valence-electron chi connectivity index (χ0n) is 21.1. The van der Waals surface area contributed by atoms with E-state index in [4.69, 9.17) is 5.73 Å². The second-order valence-electron chi connectivity index (χ2n) is 10.5. The number of allylic oxidation sites excluding steroid dienone is 1. The summed E-state index contributed by atoms with van der Waals surface area (Å²) in [5.41, 5.74) is 4.47. The van der Waals surface area contributed by atoms with Crippen molar-refractivity contribution in [1.82, 2.24) is 4.90 Å². The fraction of sp³-hybridized carbons (Fsp3) is 0.345. The molecule has 2 aromatic rings. The molecule has 0 fully saturated rings. The van der Waals surface area contributed by atoms with E-state index in [-0.39, 0.29) is 29.7 Å². The molecule has 0 bridgehead atoms. The number of rotatable bonds is 5. The number of nitrogens with zero attached hydrogens (tertiary/aromatic N) is 1. The highest BCUT2D eigenvalue weighted by atomic mass is 16.3. The smallest absolute Gasteiger partial charge is 0.255 e. The summed E-state index contributed by atoms with van der Waals surface area (Å²) < 4.78 is 0. The lowest BCUT2D eigenvalue weighted by Crippen LogP contribution is -2.63. The number of hydrogen-bond donors (Lipinski definition) is 5. The second-order valence-corrected chi connectivity index (χ2v) is 10.5. The third-order valence-electron chi connectivity index (χ3n) is 8.23. The molecule has 0 aliphatic heterocycles. The van der Waals surface area contributed by atoms with Crippen molar-refractivity contribution < 1.29 is 34.8 Å². The van der Waals surface area contributed by atoms with Gasteiger partial charge in [-0.15, -0.1) is 0 Å². The van der Waals surface area contributed by atoms with Gasteiger partial charge >= 0.3 is 0 Å². The van der Waals surface area contributed by atoms with Crippen LogP contribution in [0, 0.1) is 11.8 Å². The molecule has 0 saturated carbocycles. The summed E-state index contributed by atoms with van der Waals surface area (Å²) in [6.07, 6.45) is 1.70. The molecular weight excluding hydrogens is 488 g/mol. The summed E-state index contributed by atoms with van der Waals surface area (Å²) in [7, 11) is 3.21. The highest BCUT2D eigenvalue weighted by molar-refractivity contribution is 6.24. The Kier molecular flexibility index (Phi) is 6.16. The van der Waals surface area contributed by atoms with E-state index >= 15 is 0 Å². The van der Waals surface area contributed by atoms with E-state index < -0.39 is 58.0 Å². The van der Waals surface area contributed by atoms with Crippen molar-refractivity contribution in [3.63, 3.8) is 0 Å². The number of aryl methyl sites for hydroxylation is 2. The van der Waals surface area contributed by atoms with Crippen molar-refractivity contribution in [1.29, 1.82) is 0 Å². The van der Waals surface area contributed by atoms with E-state index in [9.17, 15) is 34.8 Å². The molecule has 1 amide bonds. The molecule has 9 nitrogen and oxygen atoms in total. The number of phenolic OH excluding ortho intramolecular Hbond substituents is 1. The number of carbonyl (C=O) groups excluding carboxylic acids is 3. The maximum Gasteiger partial charge on any atom is 0.255 e. The van der Waals surface area contributed by atoms with Crippen LogP contribution in [0.3, 0.4) is 0 Å². The van der Waals surface area contributed by atoms with E-state index in [2.05, 4.69) is 0 Å². The van der Waals surface area contributed by atoms with Crippen molar-refractivity contribution in [3.05, 3.63) is 87.4 Å². The van der Waals surface area contributed by atoms with Crippen molar-refractivity contribution in [2.24, 2.45) is 17.6 Å². The number of aromatic hydroxyl groups is 1. The van der Waals surface area contributed by atoms with Gasteiger partial charge in [0.05, 0.1) is 11.6 Å². The SMILES string of the molecule is CN(C)[C@H]1C(O)=C(C(N)=O)C(=O)[C@]2(O)C(O)=C3C(=O)c4c(O)ccc(CCc5ccccc5)c4C[C@@H]3C[C@H]12. The molecule has 2 aromatic carbocycles. The quantitative estimate of drug-likeness (QED) is 0.375. The van der Waals surface area contributed by atoms with Gasteiger partial charge in [0.1, 0.15) is 22.8 Å². The van der Waals surface area contributed by atoms with Crippen LogP contribution in [0.2, 0.25) is 0 Å². The van der Waals surface area contributed by atoms with Crippen LogP contribution in [-0.2, 0) is 28.9 Å². The van der Waals surface area contributed by atoms with Crippen molar-refractivity contribution in [2.45, 2.75) is 37.3 Å². The summed E-state index contributed by atoms with van der Waals surface area (Å²) in [5.74, 6) is -6.47. The van der Waals surface area contributed by atoms with Crippen LogP contribution < -0.4 is 5.73 Å². The molecule has 0 radical (unpaired) electrons. The van der Waals surface area contributed by atoms with Crippen LogP contribution in [0.5, 0.6) is 5.75 Å². The van der Waals surface area contributed by atoms with Gasteiger partial charge in [0.25, 0.3) is 5.91 Å². The summed E-state index contributed by atoms with van der Waals surface area (Å²) in [6, 6.07) is 12.1. The molecule has 5 rings (SSSR count). The Morgan fingerprint density at radius 3 is 2.37 bits per heavy atom.